The summed E-state index contributed by atoms with van der Waals surface area (Å²) in [5.74, 6) is -4.31. The average Bonchev–Trinajstić information content (AvgIpc) is 2.49. The van der Waals surface area contributed by atoms with Gasteiger partial charge in [0.25, 0.3) is 5.91 Å². The number of halogens is 5. The number of nitrogens with zero attached hydrogens (tertiary/aromatic N) is 1. The van der Waals surface area contributed by atoms with Gasteiger partial charge in [-0.25, -0.2) is 22.5 Å². The highest BCUT2D eigenvalue weighted by atomic mass is 35.5. The first-order valence-electron chi connectivity index (χ1n) is 6.60. The van der Waals surface area contributed by atoms with Crippen molar-refractivity contribution < 1.29 is 35.5 Å². The lowest BCUT2D eigenvalue weighted by molar-refractivity contribution is -0.0495. The molecule has 26 heavy (non-hydrogen) atoms. The molecule has 2 aromatic rings. The van der Waals surface area contributed by atoms with Crippen molar-refractivity contribution in [1.29, 1.82) is 0 Å². The standard InChI is InChI=1S/C14H9ClF4N2O4S/c1-26(23,24)21-13(22)8-4-11(25-14(18)19)7(3-10(8)16)6-2-9(15)12(17)20-5-6/h2-5,14H,1H3,(H,21,22). The minimum Gasteiger partial charge on any atom is -0.434 e. The van der Waals surface area contributed by atoms with Crippen LogP contribution < -0.4 is 9.46 Å². The van der Waals surface area contributed by atoms with Crippen molar-refractivity contribution in [3.8, 4) is 16.9 Å². The van der Waals surface area contributed by atoms with E-state index in [0.29, 0.717) is 18.4 Å². The van der Waals surface area contributed by atoms with Crippen molar-refractivity contribution in [3.05, 3.63) is 46.7 Å². The Balaban J connectivity index is 2.60. The van der Waals surface area contributed by atoms with Crippen LogP contribution in [0.3, 0.4) is 0 Å². The minimum absolute atomic E-state index is 0.0685. The van der Waals surface area contributed by atoms with Crippen molar-refractivity contribution in [2.75, 3.05) is 6.26 Å². The van der Waals surface area contributed by atoms with Crippen LogP contribution in [0.1, 0.15) is 10.4 Å². The first kappa shape index (κ1) is 19.9. The zero-order chi connectivity index (χ0) is 19.6. The Bertz CT molecular complexity index is 970. The molecule has 1 aromatic carbocycles. The number of pyridine rings is 1. The van der Waals surface area contributed by atoms with Crippen molar-refractivity contribution in [3.63, 3.8) is 0 Å². The van der Waals surface area contributed by atoms with E-state index < -0.39 is 50.6 Å². The Morgan fingerprint density at radius 1 is 1.27 bits per heavy atom. The van der Waals surface area contributed by atoms with Crippen LogP contribution in [0.15, 0.2) is 24.4 Å². The summed E-state index contributed by atoms with van der Waals surface area (Å²) in [5, 5.41) is -0.454. The molecule has 12 heteroatoms. The van der Waals surface area contributed by atoms with Crippen molar-refractivity contribution in [2.24, 2.45) is 0 Å². The highest BCUT2D eigenvalue weighted by Gasteiger charge is 2.22. The van der Waals surface area contributed by atoms with Gasteiger partial charge in [0.15, 0.2) is 0 Å². The number of benzene rings is 1. The summed E-state index contributed by atoms with van der Waals surface area (Å²) in [6.45, 7) is -3.34. The molecule has 1 amide bonds. The van der Waals surface area contributed by atoms with E-state index in [1.54, 1.807) is 0 Å². The number of carbonyl (C=O) groups is 1. The number of alkyl halides is 2. The molecule has 0 radical (unpaired) electrons. The predicted octanol–water partition coefficient (Wildman–Crippen LogP) is 2.97. The number of sulfonamides is 1. The summed E-state index contributed by atoms with van der Waals surface area (Å²) in [7, 11) is -4.02. The van der Waals surface area contributed by atoms with Gasteiger partial charge >= 0.3 is 6.61 Å². The van der Waals surface area contributed by atoms with Gasteiger partial charge in [0.2, 0.25) is 16.0 Å². The van der Waals surface area contributed by atoms with Gasteiger partial charge in [-0.15, -0.1) is 0 Å². The molecule has 6 nitrogen and oxygen atoms in total. The van der Waals surface area contributed by atoms with Crippen molar-refractivity contribution in [1.82, 2.24) is 9.71 Å². The number of ether oxygens (including phenoxy) is 1. The van der Waals surface area contributed by atoms with Crippen LogP contribution in [0, 0.1) is 11.8 Å². The molecular weight excluding hydrogens is 404 g/mol. The molecule has 0 aliphatic carbocycles. The van der Waals surface area contributed by atoms with E-state index in [4.69, 9.17) is 11.6 Å². The predicted molar refractivity (Wildman–Crippen MR) is 83.5 cm³/mol. The van der Waals surface area contributed by atoms with Gasteiger partial charge in [-0.3, -0.25) is 4.79 Å². The van der Waals surface area contributed by atoms with Crippen LogP contribution >= 0.6 is 11.6 Å². The molecule has 1 heterocycles. The van der Waals surface area contributed by atoms with Crippen LogP contribution in [-0.2, 0) is 10.0 Å². The van der Waals surface area contributed by atoms with E-state index >= 15 is 0 Å². The molecule has 0 unspecified atom stereocenters. The molecule has 0 atom stereocenters. The Morgan fingerprint density at radius 3 is 2.46 bits per heavy atom. The number of nitrogens with one attached hydrogen (secondary N) is 1. The van der Waals surface area contributed by atoms with Crippen LogP contribution in [0.4, 0.5) is 17.6 Å². The van der Waals surface area contributed by atoms with Gasteiger partial charge < -0.3 is 4.74 Å². The van der Waals surface area contributed by atoms with Gasteiger partial charge in [-0.05, 0) is 18.2 Å². The van der Waals surface area contributed by atoms with Crippen LogP contribution in [0.2, 0.25) is 5.02 Å². The number of carbonyl (C=O) groups excluding carboxylic acids is 1. The molecular formula is C14H9ClF4N2O4S. The van der Waals surface area contributed by atoms with Gasteiger partial charge in [0.1, 0.15) is 11.6 Å². The van der Waals surface area contributed by atoms with Crippen molar-refractivity contribution >= 4 is 27.5 Å². The second-order valence-corrected chi connectivity index (χ2v) is 7.06. The summed E-state index contributed by atoms with van der Waals surface area (Å²) in [5.41, 5.74) is -1.22. The highest BCUT2D eigenvalue weighted by Crippen LogP contribution is 2.34. The van der Waals surface area contributed by atoms with E-state index in [1.807, 2.05) is 0 Å². The normalized spacial score (nSPS) is 11.5. The average molecular weight is 413 g/mol. The molecule has 1 aromatic heterocycles. The zero-order valence-electron chi connectivity index (χ0n) is 12.8. The Morgan fingerprint density at radius 2 is 1.92 bits per heavy atom. The largest absolute Gasteiger partial charge is 0.434 e. The third kappa shape index (κ3) is 4.82. The van der Waals surface area contributed by atoms with Crippen molar-refractivity contribution in [2.45, 2.75) is 6.61 Å². The molecule has 0 spiro atoms. The van der Waals surface area contributed by atoms with E-state index in [-0.39, 0.29) is 11.1 Å². The summed E-state index contributed by atoms with van der Waals surface area (Å²) in [4.78, 5) is 15.1. The summed E-state index contributed by atoms with van der Waals surface area (Å²) in [6, 6.07) is 2.22. The maximum atomic E-state index is 14.2. The molecule has 0 bridgehead atoms. The fourth-order valence-corrected chi connectivity index (χ4v) is 2.55. The molecule has 0 saturated carbocycles. The number of hydrogen-bond donors (Lipinski definition) is 1. The van der Waals surface area contributed by atoms with Crippen LogP contribution in [0.25, 0.3) is 11.1 Å². The summed E-state index contributed by atoms with van der Waals surface area (Å²) < 4.78 is 80.6. The second kappa shape index (κ2) is 7.46. The molecule has 2 rings (SSSR count). The molecule has 0 aliphatic rings. The second-order valence-electron chi connectivity index (χ2n) is 4.91. The first-order chi connectivity index (χ1) is 12.0. The third-order valence-corrected chi connectivity index (χ3v) is 3.74. The Kier molecular flexibility index (Phi) is 5.71. The van der Waals surface area contributed by atoms with E-state index in [2.05, 4.69) is 9.72 Å². The number of hydrogen-bond acceptors (Lipinski definition) is 5. The number of rotatable bonds is 5. The smallest absolute Gasteiger partial charge is 0.387 e. The monoisotopic (exact) mass is 412 g/mol. The lowest BCUT2D eigenvalue weighted by Gasteiger charge is -2.14. The molecule has 0 fully saturated rings. The lowest BCUT2D eigenvalue weighted by Crippen LogP contribution is -2.30. The maximum Gasteiger partial charge on any atom is 0.387 e. The fourth-order valence-electron chi connectivity index (χ4n) is 1.94. The molecule has 1 N–H and O–H groups in total. The summed E-state index contributed by atoms with van der Waals surface area (Å²) >= 11 is 5.56. The molecule has 0 saturated heterocycles. The van der Waals surface area contributed by atoms with E-state index in [0.717, 1.165) is 12.3 Å². The maximum absolute atomic E-state index is 14.2. The topological polar surface area (TPSA) is 85.4 Å². The first-order valence-corrected chi connectivity index (χ1v) is 8.86. The van der Waals surface area contributed by atoms with Gasteiger partial charge in [-0.1, -0.05) is 11.6 Å². The van der Waals surface area contributed by atoms with Gasteiger partial charge in [-0.2, -0.15) is 13.2 Å². The summed E-state index contributed by atoms with van der Waals surface area (Å²) in [6.07, 6.45) is 1.55. The Labute approximate surface area is 149 Å². The fraction of sp³-hybridized carbons (Fsp3) is 0.143. The number of amides is 1. The molecule has 140 valence electrons. The minimum atomic E-state index is -4.02. The highest BCUT2D eigenvalue weighted by molar-refractivity contribution is 7.89. The zero-order valence-corrected chi connectivity index (χ0v) is 14.3. The van der Waals surface area contributed by atoms with E-state index in [1.165, 1.54) is 4.72 Å². The molecule has 0 aliphatic heterocycles. The Hall–Kier alpha value is -2.40. The van der Waals surface area contributed by atoms with Gasteiger partial charge in [0.05, 0.1) is 16.8 Å². The lowest BCUT2D eigenvalue weighted by atomic mass is 10.0. The third-order valence-electron chi connectivity index (χ3n) is 2.92. The SMILES string of the molecule is CS(=O)(=O)NC(=O)c1cc(OC(F)F)c(-c2cnc(F)c(Cl)c2)cc1F. The van der Waals surface area contributed by atoms with E-state index in [9.17, 15) is 30.8 Å². The quantitative estimate of drug-likeness (QED) is 0.603. The van der Waals surface area contributed by atoms with Gasteiger partial charge in [0, 0.05) is 17.3 Å². The number of aromatic nitrogens is 1. The van der Waals surface area contributed by atoms with Crippen LogP contribution in [-0.4, -0.2) is 32.2 Å². The van der Waals surface area contributed by atoms with Crippen LogP contribution in [0.5, 0.6) is 5.75 Å².